The van der Waals surface area contributed by atoms with Gasteiger partial charge in [-0.25, -0.2) is 0 Å². The predicted molar refractivity (Wildman–Crippen MR) is 123 cm³/mol. The summed E-state index contributed by atoms with van der Waals surface area (Å²) < 4.78 is 26.3. The standard InChI is InChI=1S/C23H20O10.CH4.B/c1-11(24)29-16-8-21(32-14(4)27)23-17(28)10-19(33-22(23)9-16)15-5-6-18(30-12(2)25)20(7-15)31-13(3)26;;/h5-9,19H,10H2,1-4H3;1H4;. The highest BCUT2D eigenvalue weighted by Crippen LogP contribution is 2.43. The zero-order valence-electron chi connectivity index (χ0n) is 18.8. The van der Waals surface area contributed by atoms with Crippen molar-refractivity contribution >= 4 is 38.1 Å². The average Bonchev–Trinajstić information content (AvgIpc) is 2.67. The number of Topliss-reactive ketones (excluding diaryl/α,β-unsaturated/α-hetero) is 1. The zero-order valence-corrected chi connectivity index (χ0v) is 18.8. The summed E-state index contributed by atoms with van der Waals surface area (Å²) >= 11 is 0. The first-order valence-corrected chi connectivity index (χ1v) is 9.79. The van der Waals surface area contributed by atoms with Crippen molar-refractivity contribution in [1.82, 2.24) is 0 Å². The van der Waals surface area contributed by atoms with E-state index in [-0.39, 0.29) is 62.4 Å². The molecular weight excluding hydrogens is 459 g/mol. The third kappa shape index (κ3) is 7.17. The Labute approximate surface area is 204 Å². The Kier molecular flexibility index (Phi) is 9.76. The van der Waals surface area contributed by atoms with Crippen molar-refractivity contribution in [3.63, 3.8) is 0 Å². The first-order chi connectivity index (χ1) is 15.5. The Bertz CT molecular complexity index is 1170. The number of ether oxygens (including phenoxy) is 5. The molecule has 1 unspecified atom stereocenters. The number of carbonyl (C=O) groups is 5. The van der Waals surface area contributed by atoms with Crippen molar-refractivity contribution in [2.75, 3.05) is 0 Å². The first kappa shape index (κ1) is 28.9. The van der Waals surface area contributed by atoms with Crippen molar-refractivity contribution in [2.45, 2.75) is 47.6 Å². The van der Waals surface area contributed by atoms with Gasteiger partial charge >= 0.3 is 23.9 Å². The molecule has 0 N–H and O–H groups in total. The van der Waals surface area contributed by atoms with Crippen molar-refractivity contribution in [1.29, 1.82) is 0 Å². The molecule has 2 aromatic carbocycles. The van der Waals surface area contributed by atoms with Gasteiger partial charge in [0.05, 0.1) is 6.42 Å². The lowest BCUT2D eigenvalue weighted by molar-refractivity contribution is -0.134. The molecule has 11 heteroatoms. The molecule has 3 rings (SSSR count). The van der Waals surface area contributed by atoms with Crippen LogP contribution >= 0.6 is 0 Å². The van der Waals surface area contributed by atoms with E-state index in [9.17, 15) is 24.0 Å². The van der Waals surface area contributed by atoms with Crippen LogP contribution in [0.25, 0.3) is 0 Å². The fourth-order valence-corrected chi connectivity index (χ4v) is 3.24. The maximum Gasteiger partial charge on any atom is 0.308 e. The molecule has 0 spiro atoms. The summed E-state index contributed by atoms with van der Waals surface area (Å²) in [6.45, 7) is 4.75. The Balaban J connectivity index is 0.00000306. The van der Waals surface area contributed by atoms with Gasteiger partial charge in [0.15, 0.2) is 17.3 Å². The van der Waals surface area contributed by atoms with Gasteiger partial charge < -0.3 is 23.7 Å². The number of carbonyl (C=O) groups excluding carboxylic acids is 5. The molecule has 0 bridgehead atoms. The molecule has 1 atom stereocenters. The number of rotatable bonds is 5. The Hall–Kier alpha value is -4.15. The van der Waals surface area contributed by atoms with Gasteiger partial charge in [0.25, 0.3) is 0 Å². The number of fused-ring (bicyclic) bond motifs is 1. The number of hydrogen-bond donors (Lipinski definition) is 0. The Morgan fingerprint density at radius 3 is 1.89 bits per heavy atom. The monoisotopic (exact) mass is 483 g/mol. The second kappa shape index (κ2) is 11.8. The molecule has 0 amide bonds. The Morgan fingerprint density at radius 1 is 0.771 bits per heavy atom. The van der Waals surface area contributed by atoms with Crippen LogP contribution in [0, 0.1) is 0 Å². The van der Waals surface area contributed by atoms with E-state index >= 15 is 0 Å². The van der Waals surface area contributed by atoms with Gasteiger partial charge in [0.1, 0.15) is 28.9 Å². The second-order valence-electron chi connectivity index (χ2n) is 7.11. The largest absolute Gasteiger partial charge is 0.484 e. The molecule has 0 aliphatic carbocycles. The molecule has 183 valence electrons. The summed E-state index contributed by atoms with van der Waals surface area (Å²) in [5.41, 5.74) is 0.488. The summed E-state index contributed by atoms with van der Waals surface area (Å²) in [4.78, 5) is 58.6. The maximum atomic E-state index is 12.9. The van der Waals surface area contributed by atoms with Crippen LogP contribution in [0.15, 0.2) is 30.3 Å². The molecule has 35 heavy (non-hydrogen) atoms. The van der Waals surface area contributed by atoms with Crippen LogP contribution in [-0.2, 0) is 19.2 Å². The van der Waals surface area contributed by atoms with Gasteiger partial charge in [-0.3, -0.25) is 24.0 Å². The summed E-state index contributed by atoms with van der Waals surface area (Å²) in [6.07, 6.45) is -0.941. The van der Waals surface area contributed by atoms with Crippen LogP contribution in [0.3, 0.4) is 0 Å². The van der Waals surface area contributed by atoms with Gasteiger partial charge in [-0.2, -0.15) is 0 Å². The van der Waals surface area contributed by atoms with Crippen molar-refractivity contribution in [2.24, 2.45) is 0 Å². The van der Waals surface area contributed by atoms with Gasteiger partial charge in [-0.05, 0) is 17.7 Å². The zero-order chi connectivity index (χ0) is 24.3. The van der Waals surface area contributed by atoms with Crippen molar-refractivity contribution in [3.05, 3.63) is 41.5 Å². The normalized spacial score (nSPS) is 13.6. The highest BCUT2D eigenvalue weighted by atomic mass is 16.6. The van der Waals surface area contributed by atoms with Gasteiger partial charge in [-0.1, -0.05) is 13.5 Å². The van der Waals surface area contributed by atoms with Crippen LogP contribution in [0.4, 0.5) is 0 Å². The molecule has 1 heterocycles. The maximum absolute atomic E-state index is 12.9. The van der Waals surface area contributed by atoms with Crippen LogP contribution < -0.4 is 23.7 Å². The summed E-state index contributed by atoms with van der Waals surface area (Å²) in [7, 11) is 0. The van der Waals surface area contributed by atoms with Crippen LogP contribution in [0.1, 0.15) is 63.6 Å². The van der Waals surface area contributed by atoms with E-state index in [1.54, 1.807) is 6.07 Å². The molecule has 10 nitrogen and oxygen atoms in total. The van der Waals surface area contributed by atoms with Crippen LogP contribution in [0.5, 0.6) is 28.7 Å². The van der Waals surface area contributed by atoms with E-state index < -0.39 is 30.0 Å². The second-order valence-corrected chi connectivity index (χ2v) is 7.11. The topological polar surface area (TPSA) is 132 Å². The fraction of sp³-hybridized carbons (Fsp3) is 0.292. The van der Waals surface area contributed by atoms with Gasteiger partial charge in [-0.15, -0.1) is 0 Å². The molecule has 0 aromatic heterocycles. The number of esters is 4. The lowest BCUT2D eigenvalue weighted by Crippen LogP contribution is -2.22. The first-order valence-electron chi connectivity index (χ1n) is 9.79. The van der Waals surface area contributed by atoms with Crippen LogP contribution in [-0.4, -0.2) is 38.1 Å². The summed E-state index contributed by atoms with van der Waals surface area (Å²) in [5, 5.41) is 0. The van der Waals surface area contributed by atoms with Gasteiger partial charge in [0.2, 0.25) is 0 Å². The lowest BCUT2D eigenvalue weighted by atomic mass is 9.95. The smallest absolute Gasteiger partial charge is 0.308 e. The van der Waals surface area contributed by atoms with E-state index in [1.807, 2.05) is 0 Å². The van der Waals surface area contributed by atoms with Gasteiger partial charge in [0, 0.05) is 48.2 Å². The highest BCUT2D eigenvalue weighted by Gasteiger charge is 2.33. The SMILES string of the molecule is C.CC(=O)Oc1cc(OC(C)=O)c2c(c1)OC(c1ccc(OC(C)=O)c(OC(C)=O)c1)CC2=O.[B]. The highest BCUT2D eigenvalue weighted by molar-refractivity contribution is 6.03. The van der Waals surface area contributed by atoms with E-state index in [1.165, 1.54) is 52.0 Å². The summed E-state index contributed by atoms with van der Waals surface area (Å²) in [6, 6.07) is 6.99. The number of ketones is 1. The van der Waals surface area contributed by atoms with Crippen molar-refractivity contribution < 1.29 is 47.7 Å². The fourth-order valence-electron chi connectivity index (χ4n) is 3.24. The molecular formula is C24H24BO10. The Morgan fingerprint density at radius 2 is 1.31 bits per heavy atom. The minimum Gasteiger partial charge on any atom is -0.484 e. The number of benzene rings is 2. The molecule has 0 fully saturated rings. The molecule has 1 aliphatic rings. The van der Waals surface area contributed by atoms with E-state index in [0.717, 1.165) is 0 Å². The summed E-state index contributed by atoms with van der Waals surface area (Å²) in [5.74, 6) is -2.93. The minimum atomic E-state index is -0.816. The third-order valence-electron chi connectivity index (χ3n) is 4.32. The third-order valence-corrected chi connectivity index (χ3v) is 4.32. The van der Waals surface area contributed by atoms with E-state index in [4.69, 9.17) is 23.7 Å². The molecule has 0 saturated heterocycles. The quantitative estimate of drug-likeness (QED) is 0.354. The lowest BCUT2D eigenvalue weighted by Gasteiger charge is -2.27. The molecule has 2 aromatic rings. The number of hydrogen-bond acceptors (Lipinski definition) is 10. The minimum absolute atomic E-state index is 0. The predicted octanol–water partition coefficient (Wildman–Crippen LogP) is 3.35. The van der Waals surface area contributed by atoms with E-state index in [0.29, 0.717) is 5.56 Å². The van der Waals surface area contributed by atoms with E-state index in [2.05, 4.69) is 0 Å². The molecule has 1 aliphatic heterocycles. The molecule has 3 radical (unpaired) electrons. The molecule has 0 saturated carbocycles. The van der Waals surface area contributed by atoms with Crippen LogP contribution in [0.2, 0.25) is 0 Å². The average molecular weight is 483 g/mol. The van der Waals surface area contributed by atoms with Crippen molar-refractivity contribution in [3.8, 4) is 28.7 Å².